The zero-order chi connectivity index (χ0) is 20.5. The molecule has 0 aliphatic heterocycles. The number of hydrogen-bond acceptors (Lipinski definition) is 7. The lowest BCUT2D eigenvalue weighted by Gasteiger charge is -2.26. The lowest BCUT2D eigenvalue weighted by Crippen LogP contribution is -2.33. The summed E-state index contributed by atoms with van der Waals surface area (Å²) < 4.78 is 2.06. The molecule has 5 rings (SSSR count). The minimum Gasteiger partial charge on any atom is -0.351 e. The average molecular weight is 400 g/mol. The van der Waals surface area contributed by atoms with Gasteiger partial charge in [-0.3, -0.25) is 4.40 Å². The first kappa shape index (κ1) is 18.6. The van der Waals surface area contributed by atoms with E-state index < -0.39 is 0 Å². The second kappa shape index (κ2) is 7.79. The molecule has 0 unspecified atom stereocenters. The molecule has 4 heterocycles. The summed E-state index contributed by atoms with van der Waals surface area (Å²) in [7, 11) is 0. The summed E-state index contributed by atoms with van der Waals surface area (Å²) in [5.74, 6) is 0.652. The van der Waals surface area contributed by atoms with E-state index in [0.717, 1.165) is 59.4 Å². The van der Waals surface area contributed by atoms with Crippen molar-refractivity contribution in [3.05, 3.63) is 55.0 Å². The van der Waals surface area contributed by atoms with E-state index in [9.17, 15) is 0 Å². The first-order valence-corrected chi connectivity index (χ1v) is 10.3. The maximum Gasteiger partial charge on any atom is 0.223 e. The fourth-order valence-corrected chi connectivity index (χ4v) is 3.99. The van der Waals surface area contributed by atoms with Crippen molar-refractivity contribution < 1.29 is 0 Å². The van der Waals surface area contributed by atoms with Crippen molar-refractivity contribution in [2.45, 2.75) is 44.7 Å². The van der Waals surface area contributed by atoms with Gasteiger partial charge in [0.25, 0.3) is 0 Å². The zero-order valence-electron chi connectivity index (χ0n) is 16.9. The van der Waals surface area contributed by atoms with Crippen LogP contribution in [0.1, 0.15) is 31.2 Å². The van der Waals surface area contributed by atoms with Gasteiger partial charge in [0.15, 0.2) is 0 Å². The van der Waals surface area contributed by atoms with Crippen LogP contribution in [-0.2, 0) is 0 Å². The number of nitrogens with zero attached hydrogens (tertiary/aromatic N) is 6. The molecule has 0 saturated heterocycles. The number of nitrogens with one attached hydrogen (secondary N) is 1. The van der Waals surface area contributed by atoms with Crippen molar-refractivity contribution in [2.24, 2.45) is 5.73 Å². The average Bonchev–Trinajstić information content (AvgIpc) is 3.20. The van der Waals surface area contributed by atoms with E-state index in [0.29, 0.717) is 18.0 Å². The second-order valence-corrected chi connectivity index (χ2v) is 7.90. The normalized spacial score (nSPS) is 19.1. The van der Waals surface area contributed by atoms with Gasteiger partial charge < -0.3 is 11.1 Å². The molecule has 0 atom stereocenters. The molecule has 152 valence electrons. The monoisotopic (exact) mass is 400 g/mol. The molecule has 3 N–H and O–H groups in total. The molecule has 0 spiro atoms. The lowest BCUT2D eigenvalue weighted by molar-refractivity contribution is 0.410. The standard InChI is InChI=1S/C22H24N8/c1-14-8-27-22(28-18-5-3-17(23)4-6-18)29-21(14)19-11-26-20-7-2-15(12-30(19)20)16-9-24-13-25-10-16/h2,7-13,17-18H,3-6,23H2,1H3,(H,27,28,29). The minimum absolute atomic E-state index is 0.319. The number of aromatic nitrogens is 6. The zero-order valence-corrected chi connectivity index (χ0v) is 16.9. The van der Waals surface area contributed by atoms with Gasteiger partial charge in [-0.05, 0) is 50.3 Å². The lowest BCUT2D eigenvalue weighted by atomic mass is 9.92. The molecular formula is C22H24N8. The van der Waals surface area contributed by atoms with E-state index in [-0.39, 0.29) is 0 Å². The molecule has 1 saturated carbocycles. The smallest absolute Gasteiger partial charge is 0.223 e. The Labute approximate surface area is 174 Å². The number of nitrogens with two attached hydrogens (primary N) is 1. The Kier molecular flexibility index (Phi) is 4.84. The summed E-state index contributed by atoms with van der Waals surface area (Å²) in [6.45, 7) is 2.02. The Bertz CT molecular complexity index is 1160. The Hall–Kier alpha value is -3.39. The van der Waals surface area contributed by atoms with Crippen LogP contribution < -0.4 is 11.1 Å². The van der Waals surface area contributed by atoms with Gasteiger partial charge >= 0.3 is 0 Å². The predicted molar refractivity (Wildman–Crippen MR) is 116 cm³/mol. The van der Waals surface area contributed by atoms with Gasteiger partial charge in [0.05, 0.1) is 17.6 Å². The third-order valence-electron chi connectivity index (χ3n) is 5.72. The SMILES string of the molecule is Cc1cnc(NC2CCC(N)CC2)nc1-c1cnc2ccc(-c3cncnc3)cn12. The highest BCUT2D eigenvalue weighted by Gasteiger charge is 2.20. The summed E-state index contributed by atoms with van der Waals surface area (Å²) in [5, 5.41) is 3.49. The van der Waals surface area contributed by atoms with Crippen LogP contribution in [0.2, 0.25) is 0 Å². The minimum atomic E-state index is 0.319. The van der Waals surface area contributed by atoms with E-state index >= 15 is 0 Å². The fourth-order valence-electron chi connectivity index (χ4n) is 3.99. The maximum atomic E-state index is 6.03. The summed E-state index contributed by atoms with van der Waals surface area (Å²) in [5.41, 5.74) is 11.7. The van der Waals surface area contributed by atoms with E-state index in [1.165, 1.54) is 6.33 Å². The summed E-state index contributed by atoms with van der Waals surface area (Å²) in [4.78, 5) is 22.2. The van der Waals surface area contributed by atoms with Crippen LogP contribution in [0.25, 0.3) is 28.2 Å². The van der Waals surface area contributed by atoms with Gasteiger partial charge in [0.1, 0.15) is 12.0 Å². The quantitative estimate of drug-likeness (QED) is 0.541. The Morgan fingerprint density at radius 2 is 1.77 bits per heavy atom. The van der Waals surface area contributed by atoms with Crippen LogP contribution in [0.4, 0.5) is 5.95 Å². The Balaban J connectivity index is 1.50. The van der Waals surface area contributed by atoms with E-state index in [4.69, 9.17) is 10.7 Å². The molecule has 30 heavy (non-hydrogen) atoms. The number of anilines is 1. The topological polar surface area (TPSA) is 107 Å². The van der Waals surface area contributed by atoms with E-state index in [1.807, 2.05) is 37.6 Å². The van der Waals surface area contributed by atoms with Crippen LogP contribution in [0, 0.1) is 6.92 Å². The van der Waals surface area contributed by atoms with Crippen molar-refractivity contribution in [3.8, 4) is 22.5 Å². The third-order valence-corrected chi connectivity index (χ3v) is 5.72. The third kappa shape index (κ3) is 3.61. The van der Waals surface area contributed by atoms with Crippen LogP contribution in [0.5, 0.6) is 0 Å². The molecule has 0 aromatic carbocycles. The highest BCUT2D eigenvalue weighted by molar-refractivity contribution is 5.68. The van der Waals surface area contributed by atoms with Gasteiger partial charge in [-0.15, -0.1) is 0 Å². The first-order valence-electron chi connectivity index (χ1n) is 10.3. The molecule has 1 fully saturated rings. The van der Waals surface area contributed by atoms with Crippen LogP contribution in [0.15, 0.2) is 49.4 Å². The molecule has 1 aliphatic carbocycles. The Morgan fingerprint density at radius 1 is 0.967 bits per heavy atom. The van der Waals surface area contributed by atoms with Gasteiger partial charge in [-0.2, -0.15) is 0 Å². The summed E-state index contributed by atoms with van der Waals surface area (Å²) >= 11 is 0. The number of rotatable bonds is 4. The first-order chi connectivity index (χ1) is 14.7. The van der Waals surface area contributed by atoms with Crippen molar-refractivity contribution in [2.75, 3.05) is 5.32 Å². The highest BCUT2D eigenvalue weighted by Crippen LogP contribution is 2.27. The molecular weight excluding hydrogens is 376 g/mol. The van der Waals surface area contributed by atoms with E-state index in [1.54, 1.807) is 12.4 Å². The molecule has 4 aromatic heterocycles. The summed E-state index contributed by atoms with van der Waals surface area (Å²) in [6, 6.07) is 4.71. The van der Waals surface area contributed by atoms with Crippen molar-refractivity contribution in [1.82, 2.24) is 29.3 Å². The second-order valence-electron chi connectivity index (χ2n) is 7.90. The van der Waals surface area contributed by atoms with Crippen molar-refractivity contribution in [3.63, 3.8) is 0 Å². The predicted octanol–water partition coefficient (Wildman–Crippen LogP) is 3.24. The van der Waals surface area contributed by atoms with Gasteiger partial charge in [-0.25, -0.2) is 24.9 Å². The molecule has 0 bridgehead atoms. The van der Waals surface area contributed by atoms with Crippen molar-refractivity contribution in [1.29, 1.82) is 0 Å². The van der Waals surface area contributed by atoms with Crippen molar-refractivity contribution >= 4 is 11.6 Å². The van der Waals surface area contributed by atoms with Crippen LogP contribution >= 0.6 is 0 Å². The Morgan fingerprint density at radius 3 is 2.57 bits per heavy atom. The molecule has 1 aliphatic rings. The number of hydrogen-bond donors (Lipinski definition) is 2. The van der Waals surface area contributed by atoms with Crippen LogP contribution in [-0.4, -0.2) is 41.4 Å². The summed E-state index contributed by atoms with van der Waals surface area (Å²) in [6.07, 6.45) is 15.1. The number of fused-ring (bicyclic) bond motifs is 1. The molecule has 0 amide bonds. The van der Waals surface area contributed by atoms with E-state index in [2.05, 4.69) is 29.7 Å². The number of aryl methyl sites for hydroxylation is 1. The maximum absolute atomic E-state index is 6.03. The molecule has 0 radical (unpaired) electrons. The van der Waals surface area contributed by atoms with Gasteiger partial charge in [-0.1, -0.05) is 0 Å². The van der Waals surface area contributed by atoms with Crippen LogP contribution in [0.3, 0.4) is 0 Å². The largest absolute Gasteiger partial charge is 0.351 e. The fraction of sp³-hybridized carbons (Fsp3) is 0.318. The highest BCUT2D eigenvalue weighted by atomic mass is 15.1. The number of pyridine rings is 1. The van der Waals surface area contributed by atoms with Gasteiger partial charge in [0.2, 0.25) is 5.95 Å². The number of imidazole rings is 1. The molecule has 8 heteroatoms. The molecule has 4 aromatic rings. The van der Waals surface area contributed by atoms with Gasteiger partial charge in [0, 0.05) is 48.0 Å². The molecule has 8 nitrogen and oxygen atoms in total.